The Balaban J connectivity index is 1.66. The van der Waals surface area contributed by atoms with Gasteiger partial charge >= 0.3 is 5.69 Å². The fourth-order valence-corrected chi connectivity index (χ4v) is 5.92. The zero-order valence-corrected chi connectivity index (χ0v) is 19.7. The number of imidazole rings is 1. The van der Waals surface area contributed by atoms with Crippen LogP contribution < -0.4 is 11.2 Å². The number of aryl methyl sites for hydroxylation is 2. The third-order valence-electron chi connectivity index (χ3n) is 7.55. The Bertz CT molecular complexity index is 1110. The van der Waals surface area contributed by atoms with Gasteiger partial charge in [-0.3, -0.25) is 14.2 Å². The molecule has 2 aromatic rings. The van der Waals surface area contributed by atoms with Crippen molar-refractivity contribution in [1.29, 1.82) is 0 Å². The van der Waals surface area contributed by atoms with Crippen LogP contribution in [0.4, 0.5) is 0 Å². The van der Waals surface area contributed by atoms with Gasteiger partial charge in [0.1, 0.15) is 6.54 Å². The molecule has 2 saturated carbocycles. The first-order valence-electron chi connectivity index (χ1n) is 11.9. The molecule has 0 N–H and O–H groups in total. The highest BCUT2D eigenvalue weighted by atomic mass is 16.5. The van der Waals surface area contributed by atoms with Gasteiger partial charge in [-0.1, -0.05) is 26.2 Å². The number of ether oxygens (including phenoxy) is 1. The van der Waals surface area contributed by atoms with Crippen molar-refractivity contribution in [2.75, 3.05) is 13.2 Å². The van der Waals surface area contributed by atoms with Crippen LogP contribution in [-0.2, 0) is 30.2 Å². The molecular weight excluding hydrogens is 410 g/mol. The predicted octanol–water partition coefficient (Wildman–Crippen LogP) is 1.80. The number of hydrogen-bond acceptors (Lipinski definition) is 5. The molecule has 2 heterocycles. The lowest BCUT2D eigenvalue weighted by Crippen LogP contribution is -2.67. The van der Waals surface area contributed by atoms with Gasteiger partial charge < -0.3 is 14.2 Å². The Kier molecular flexibility index (Phi) is 6.29. The van der Waals surface area contributed by atoms with Gasteiger partial charge in [-0.25, -0.2) is 14.3 Å². The minimum absolute atomic E-state index is 0.000997. The van der Waals surface area contributed by atoms with Crippen molar-refractivity contribution in [3.8, 4) is 0 Å². The Morgan fingerprint density at radius 3 is 2.59 bits per heavy atom. The van der Waals surface area contributed by atoms with Gasteiger partial charge in [0.2, 0.25) is 5.91 Å². The van der Waals surface area contributed by atoms with Crippen molar-refractivity contribution >= 4 is 17.1 Å². The second-order valence-corrected chi connectivity index (χ2v) is 9.34. The van der Waals surface area contributed by atoms with E-state index in [0.717, 1.165) is 43.1 Å². The number of carbonyl (C=O) groups is 1. The fourth-order valence-electron chi connectivity index (χ4n) is 5.92. The highest BCUT2D eigenvalue weighted by Gasteiger charge is 2.58. The summed E-state index contributed by atoms with van der Waals surface area (Å²) in [5.74, 6) is -0.169. The third kappa shape index (κ3) is 3.50. The van der Waals surface area contributed by atoms with E-state index in [1.807, 2.05) is 11.8 Å². The lowest BCUT2D eigenvalue weighted by atomic mass is 9.54. The summed E-state index contributed by atoms with van der Waals surface area (Å²) in [7, 11) is 3.29. The lowest BCUT2D eigenvalue weighted by molar-refractivity contribution is -0.189. The van der Waals surface area contributed by atoms with Crippen LogP contribution in [0, 0.1) is 5.41 Å². The van der Waals surface area contributed by atoms with Crippen LogP contribution in [0.5, 0.6) is 0 Å². The molecule has 2 fully saturated rings. The maximum Gasteiger partial charge on any atom is 0.332 e. The van der Waals surface area contributed by atoms with Crippen molar-refractivity contribution in [3.63, 3.8) is 0 Å². The highest BCUT2D eigenvalue weighted by molar-refractivity contribution is 5.77. The Morgan fingerprint density at radius 1 is 1.22 bits per heavy atom. The van der Waals surface area contributed by atoms with E-state index in [9.17, 15) is 14.4 Å². The van der Waals surface area contributed by atoms with Crippen LogP contribution in [0.2, 0.25) is 0 Å². The first kappa shape index (κ1) is 22.8. The van der Waals surface area contributed by atoms with Gasteiger partial charge in [0.15, 0.2) is 11.2 Å². The molecular formula is C23H35N5O4. The lowest BCUT2D eigenvalue weighted by Gasteiger charge is -2.60. The molecule has 0 unspecified atom stereocenters. The maximum atomic E-state index is 13.6. The summed E-state index contributed by atoms with van der Waals surface area (Å²) in [5.41, 5.74) is -0.330. The summed E-state index contributed by atoms with van der Waals surface area (Å²) in [6, 6.07) is 0.104. The fraction of sp³-hybridized carbons (Fsp3) is 0.739. The quantitative estimate of drug-likeness (QED) is 0.648. The highest BCUT2D eigenvalue weighted by Crippen LogP contribution is 2.55. The molecule has 9 nitrogen and oxygen atoms in total. The molecule has 2 aromatic heterocycles. The molecule has 32 heavy (non-hydrogen) atoms. The molecule has 0 radical (unpaired) electrons. The largest absolute Gasteiger partial charge is 0.378 e. The number of rotatable bonds is 7. The van der Waals surface area contributed by atoms with E-state index in [1.165, 1.54) is 17.3 Å². The van der Waals surface area contributed by atoms with E-state index in [-0.39, 0.29) is 30.0 Å². The number of fused-ring (bicyclic) bond motifs is 1. The summed E-state index contributed by atoms with van der Waals surface area (Å²) in [6.45, 7) is 5.12. The third-order valence-corrected chi connectivity index (χ3v) is 7.55. The molecule has 4 rings (SSSR count). The zero-order valence-electron chi connectivity index (χ0n) is 19.7. The number of hydrogen-bond donors (Lipinski definition) is 0. The van der Waals surface area contributed by atoms with Crippen LogP contribution >= 0.6 is 0 Å². The van der Waals surface area contributed by atoms with E-state index in [2.05, 4.69) is 11.9 Å². The molecule has 0 bridgehead atoms. The first-order valence-corrected chi connectivity index (χ1v) is 11.9. The van der Waals surface area contributed by atoms with Gasteiger partial charge in [-0.2, -0.15) is 0 Å². The summed E-state index contributed by atoms with van der Waals surface area (Å²) < 4.78 is 10.1. The van der Waals surface area contributed by atoms with E-state index in [0.29, 0.717) is 24.3 Å². The normalized spacial score (nSPS) is 22.2. The standard InChI is InChI=1S/C23H35N5O4/c1-5-12-27(16-13-17(32-6-2)23(16)10-8-7-9-11-23)18(29)14-28-21(30)19-20(24-15-25(19)3)26(4)22(28)31/h15-17H,5-14H2,1-4H3/t16-,17+/m0/s1. The molecule has 1 amide bonds. The first-order chi connectivity index (χ1) is 15.4. The Labute approximate surface area is 188 Å². The van der Waals surface area contributed by atoms with Gasteiger partial charge in [0.05, 0.1) is 12.4 Å². The molecule has 9 heteroatoms. The summed E-state index contributed by atoms with van der Waals surface area (Å²) in [4.78, 5) is 45.6. The van der Waals surface area contributed by atoms with Crippen molar-refractivity contribution in [3.05, 3.63) is 27.2 Å². The molecule has 176 valence electrons. The Morgan fingerprint density at radius 2 is 1.94 bits per heavy atom. The van der Waals surface area contributed by atoms with Gasteiger partial charge in [-0.05, 0) is 32.6 Å². The summed E-state index contributed by atoms with van der Waals surface area (Å²) in [6.07, 6.45) is 9.03. The molecule has 0 aromatic carbocycles. The van der Waals surface area contributed by atoms with Gasteiger partial charge in [-0.15, -0.1) is 0 Å². The van der Waals surface area contributed by atoms with Crippen molar-refractivity contribution < 1.29 is 9.53 Å². The summed E-state index contributed by atoms with van der Waals surface area (Å²) in [5, 5.41) is 0. The summed E-state index contributed by atoms with van der Waals surface area (Å²) >= 11 is 0. The topological polar surface area (TPSA) is 91.4 Å². The smallest absolute Gasteiger partial charge is 0.332 e. The number of amides is 1. The minimum atomic E-state index is -0.515. The maximum absolute atomic E-state index is 13.6. The molecule has 2 aliphatic rings. The van der Waals surface area contributed by atoms with Crippen LogP contribution in [0.3, 0.4) is 0 Å². The van der Waals surface area contributed by atoms with Crippen LogP contribution in [-0.4, -0.2) is 54.8 Å². The number of nitrogens with zero attached hydrogens (tertiary/aromatic N) is 5. The Hall–Kier alpha value is -2.42. The predicted molar refractivity (Wildman–Crippen MR) is 122 cm³/mol. The minimum Gasteiger partial charge on any atom is -0.378 e. The van der Waals surface area contributed by atoms with Crippen LogP contribution in [0.25, 0.3) is 11.2 Å². The van der Waals surface area contributed by atoms with Crippen molar-refractivity contribution in [2.24, 2.45) is 19.5 Å². The molecule has 0 aliphatic heterocycles. The van der Waals surface area contributed by atoms with E-state index < -0.39 is 11.2 Å². The molecule has 0 saturated heterocycles. The second kappa shape index (κ2) is 8.84. The van der Waals surface area contributed by atoms with Crippen LogP contribution in [0.15, 0.2) is 15.9 Å². The molecule has 1 spiro atoms. The molecule has 2 atom stereocenters. The monoisotopic (exact) mass is 445 g/mol. The average molecular weight is 446 g/mol. The van der Waals surface area contributed by atoms with E-state index in [1.54, 1.807) is 18.7 Å². The SMILES string of the molecule is CCCN(C(=O)Cn1c(=O)c2c(ncn2C)n(C)c1=O)[C@H]1C[C@@H](OCC)C12CCCCC2. The number of aromatic nitrogens is 4. The van der Waals surface area contributed by atoms with Crippen LogP contribution in [0.1, 0.15) is 58.8 Å². The molecule has 2 aliphatic carbocycles. The average Bonchev–Trinajstić information content (AvgIpc) is 3.18. The van der Waals surface area contributed by atoms with E-state index in [4.69, 9.17) is 4.74 Å². The van der Waals surface area contributed by atoms with Gasteiger partial charge in [0.25, 0.3) is 5.56 Å². The number of carbonyl (C=O) groups excluding carboxylic acids is 1. The zero-order chi connectivity index (χ0) is 23.0. The van der Waals surface area contributed by atoms with Crippen molar-refractivity contribution in [2.45, 2.75) is 77.5 Å². The second-order valence-electron chi connectivity index (χ2n) is 9.34. The van der Waals surface area contributed by atoms with Gasteiger partial charge in [0, 0.05) is 38.7 Å². The van der Waals surface area contributed by atoms with Crippen molar-refractivity contribution in [1.82, 2.24) is 23.6 Å². The van der Waals surface area contributed by atoms with E-state index >= 15 is 0 Å².